The Balaban J connectivity index is 1.75. The standard InChI is InChI=1S/C29H33N5O3/c1-5-37-23-17-15-22(16-18-23)27(28(36)30-29(2,3)4)33(19-21-11-7-6-8-12-21)26(35)20-34-25-14-10-9-13-24(25)31-32-34/h6-18,27H,5,19-20H2,1-4H3,(H,30,36). The van der Waals surface area contributed by atoms with Crippen molar-refractivity contribution in [1.82, 2.24) is 25.2 Å². The number of para-hydroxylation sites is 1. The molecule has 37 heavy (non-hydrogen) atoms. The molecule has 0 spiro atoms. The maximum absolute atomic E-state index is 13.9. The van der Waals surface area contributed by atoms with E-state index in [2.05, 4.69) is 15.6 Å². The average molecular weight is 500 g/mol. The molecule has 8 heteroatoms. The van der Waals surface area contributed by atoms with E-state index in [9.17, 15) is 9.59 Å². The molecule has 0 saturated carbocycles. The van der Waals surface area contributed by atoms with Gasteiger partial charge in [-0.3, -0.25) is 9.59 Å². The number of hydrogen-bond acceptors (Lipinski definition) is 5. The highest BCUT2D eigenvalue weighted by atomic mass is 16.5. The van der Waals surface area contributed by atoms with Gasteiger partial charge in [0.25, 0.3) is 0 Å². The first-order valence-electron chi connectivity index (χ1n) is 12.4. The summed E-state index contributed by atoms with van der Waals surface area (Å²) in [6, 6.07) is 23.6. The summed E-state index contributed by atoms with van der Waals surface area (Å²) in [6.45, 7) is 8.42. The number of fused-ring (bicyclic) bond motifs is 1. The molecule has 0 fully saturated rings. The summed E-state index contributed by atoms with van der Waals surface area (Å²) >= 11 is 0. The normalized spacial score (nSPS) is 12.2. The smallest absolute Gasteiger partial charge is 0.247 e. The van der Waals surface area contributed by atoms with Crippen LogP contribution < -0.4 is 10.1 Å². The summed E-state index contributed by atoms with van der Waals surface area (Å²) < 4.78 is 7.17. The molecule has 0 saturated heterocycles. The Hall–Kier alpha value is -4.20. The van der Waals surface area contributed by atoms with Gasteiger partial charge in [-0.15, -0.1) is 5.10 Å². The van der Waals surface area contributed by atoms with Crippen LogP contribution in [0.3, 0.4) is 0 Å². The van der Waals surface area contributed by atoms with Gasteiger partial charge in [-0.05, 0) is 63.1 Å². The third kappa shape index (κ3) is 6.52. The quantitative estimate of drug-likeness (QED) is 0.366. The zero-order chi connectivity index (χ0) is 26.4. The molecule has 1 atom stereocenters. The lowest BCUT2D eigenvalue weighted by Gasteiger charge is -2.34. The lowest BCUT2D eigenvalue weighted by molar-refractivity contribution is -0.142. The van der Waals surface area contributed by atoms with E-state index < -0.39 is 11.6 Å². The number of aromatic nitrogens is 3. The third-order valence-electron chi connectivity index (χ3n) is 5.79. The summed E-state index contributed by atoms with van der Waals surface area (Å²) in [7, 11) is 0. The van der Waals surface area contributed by atoms with E-state index in [4.69, 9.17) is 4.74 Å². The second kappa shape index (κ2) is 11.2. The molecule has 2 amide bonds. The van der Waals surface area contributed by atoms with Gasteiger partial charge in [0.05, 0.1) is 12.1 Å². The molecule has 1 aromatic heterocycles. The zero-order valence-electron chi connectivity index (χ0n) is 21.7. The summed E-state index contributed by atoms with van der Waals surface area (Å²) in [5.41, 5.74) is 2.59. The molecule has 0 bridgehead atoms. The molecule has 1 heterocycles. The Kier molecular flexibility index (Phi) is 7.86. The number of nitrogens with one attached hydrogen (secondary N) is 1. The Labute approximate surface area is 217 Å². The van der Waals surface area contributed by atoms with E-state index in [1.807, 2.05) is 107 Å². The molecule has 192 valence electrons. The first kappa shape index (κ1) is 25.9. The minimum Gasteiger partial charge on any atom is -0.494 e. The van der Waals surface area contributed by atoms with Crippen LogP contribution in [-0.4, -0.2) is 43.9 Å². The SMILES string of the molecule is CCOc1ccc(C(C(=O)NC(C)(C)C)N(Cc2ccccc2)C(=O)Cn2nnc3ccccc32)cc1. The molecular weight excluding hydrogens is 466 g/mol. The van der Waals surface area contributed by atoms with E-state index in [0.717, 1.165) is 11.1 Å². The van der Waals surface area contributed by atoms with Crippen molar-refractivity contribution in [3.05, 3.63) is 90.0 Å². The number of carbonyl (C=O) groups excluding carboxylic acids is 2. The van der Waals surface area contributed by atoms with E-state index >= 15 is 0 Å². The van der Waals surface area contributed by atoms with Crippen molar-refractivity contribution in [3.8, 4) is 5.75 Å². The first-order valence-corrected chi connectivity index (χ1v) is 12.4. The van der Waals surface area contributed by atoms with Gasteiger partial charge in [-0.2, -0.15) is 0 Å². The van der Waals surface area contributed by atoms with Gasteiger partial charge >= 0.3 is 0 Å². The molecule has 0 aliphatic heterocycles. The fraction of sp³-hybridized carbons (Fsp3) is 0.310. The van der Waals surface area contributed by atoms with Crippen LogP contribution >= 0.6 is 0 Å². The third-order valence-corrected chi connectivity index (χ3v) is 5.79. The summed E-state index contributed by atoms with van der Waals surface area (Å²) in [6.07, 6.45) is 0. The fourth-order valence-corrected chi connectivity index (χ4v) is 4.18. The maximum Gasteiger partial charge on any atom is 0.247 e. The van der Waals surface area contributed by atoms with E-state index in [1.54, 1.807) is 9.58 Å². The van der Waals surface area contributed by atoms with Crippen LogP contribution in [0.1, 0.15) is 44.9 Å². The summed E-state index contributed by atoms with van der Waals surface area (Å²) in [4.78, 5) is 29.3. The number of amides is 2. The zero-order valence-corrected chi connectivity index (χ0v) is 21.7. The lowest BCUT2D eigenvalue weighted by Crippen LogP contribution is -2.49. The number of ether oxygens (including phenoxy) is 1. The molecule has 0 aliphatic rings. The minimum absolute atomic E-state index is 0.0519. The number of rotatable bonds is 9. The van der Waals surface area contributed by atoms with Crippen molar-refractivity contribution in [2.75, 3.05) is 6.61 Å². The largest absolute Gasteiger partial charge is 0.494 e. The van der Waals surface area contributed by atoms with Gasteiger partial charge < -0.3 is 15.0 Å². The van der Waals surface area contributed by atoms with Gasteiger partial charge in [0, 0.05) is 12.1 Å². The number of hydrogen-bond donors (Lipinski definition) is 1. The van der Waals surface area contributed by atoms with Gasteiger partial charge in [0.15, 0.2) is 0 Å². The lowest BCUT2D eigenvalue weighted by atomic mass is 10.0. The Morgan fingerprint density at radius 1 is 0.973 bits per heavy atom. The van der Waals surface area contributed by atoms with Crippen LogP contribution in [-0.2, 0) is 22.7 Å². The molecule has 8 nitrogen and oxygen atoms in total. The van der Waals surface area contributed by atoms with Crippen LogP contribution in [0.5, 0.6) is 5.75 Å². The van der Waals surface area contributed by atoms with Gasteiger partial charge in [0.1, 0.15) is 23.9 Å². The summed E-state index contributed by atoms with van der Waals surface area (Å²) in [5.74, 6) is 0.197. The average Bonchev–Trinajstić information content (AvgIpc) is 3.27. The summed E-state index contributed by atoms with van der Waals surface area (Å²) in [5, 5.41) is 11.4. The molecule has 1 unspecified atom stereocenters. The van der Waals surface area contributed by atoms with Crippen molar-refractivity contribution >= 4 is 22.8 Å². The Morgan fingerprint density at radius 3 is 2.32 bits per heavy atom. The molecule has 1 N–H and O–H groups in total. The van der Waals surface area contributed by atoms with Crippen LogP contribution in [0.2, 0.25) is 0 Å². The van der Waals surface area contributed by atoms with Crippen molar-refractivity contribution in [2.24, 2.45) is 0 Å². The topological polar surface area (TPSA) is 89.4 Å². The molecule has 4 rings (SSSR count). The molecule has 3 aromatic carbocycles. The van der Waals surface area contributed by atoms with Crippen molar-refractivity contribution < 1.29 is 14.3 Å². The van der Waals surface area contributed by atoms with E-state index in [0.29, 0.717) is 23.4 Å². The molecule has 4 aromatic rings. The monoisotopic (exact) mass is 499 g/mol. The molecule has 0 radical (unpaired) electrons. The van der Waals surface area contributed by atoms with Crippen LogP contribution in [0.15, 0.2) is 78.9 Å². The first-order chi connectivity index (χ1) is 17.7. The van der Waals surface area contributed by atoms with Crippen molar-refractivity contribution in [3.63, 3.8) is 0 Å². The fourth-order valence-electron chi connectivity index (χ4n) is 4.18. The minimum atomic E-state index is -0.864. The van der Waals surface area contributed by atoms with Gasteiger partial charge in [-0.25, -0.2) is 4.68 Å². The van der Waals surface area contributed by atoms with Gasteiger partial charge in [-0.1, -0.05) is 59.8 Å². The predicted octanol–water partition coefficient (Wildman–Crippen LogP) is 4.51. The second-order valence-corrected chi connectivity index (χ2v) is 9.89. The predicted molar refractivity (Wildman–Crippen MR) is 143 cm³/mol. The Bertz CT molecular complexity index is 1340. The van der Waals surface area contributed by atoms with E-state index in [-0.39, 0.29) is 24.9 Å². The highest BCUT2D eigenvalue weighted by molar-refractivity contribution is 5.89. The molecule has 0 aliphatic carbocycles. The van der Waals surface area contributed by atoms with E-state index in [1.165, 1.54) is 0 Å². The van der Waals surface area contributed by atoms with Crippen LogP contribution in [0.25, 0.3) is 11.0 Å². The number of nitrogens with zero attached hydrogens (tertiary/aromatic N) is 4. The van der Waals surface area contributed by atoms with Crippen LogP contribution in [0.4, 0.5) is 0 Å². The maximum atomic E-state index is 13.9. The second-order valence-electron chi connectivity index (χ2n) is 9.89. The number of benzene rings is 3. The number of carbonyl (C=O) groups is 2. The van der Waals surface area contributed by atoms with Crippen molar-refractivity contribution in [1.29, 1.82) is 0 Å². The van der Waals surface area contributed by atoms with Gasteiger partial charge in [0.2, 0.25) is 11.8 Å². The molecular formula is C29H33N5O3. The Morgan fingerprint density at radius 2 is 1.65 bits per heavy atom. The highest BCUT2D eigenvalue weighted by Crippen LogP contribution is 2.27. The highest BCUT2D eigenvalue weighted by Gasteiger charge is 2.33. The van der Waals surface area contributed by atoms with Crippen molar-refractivity contribution in [2.45, 2.75) is 52.4 Å². The van der Waals surface area contributed by atoms with Crippen LogP contribution in [0, 0.1) is 0 Å².